The third kappa shape index (κ3) is 4.38. The predicted octanol–water partition coefficient (Wildman–Crippen LogP) is 0.813. The number of nitrogens with zero attached hydrogens (tertiary/aromatic N) is 4. The molecule has 6 heteroatoms. The maximum atomic E-state index is 11.7. The van der Waals surface area contributed by atoms with Crippen molar-refractivity contribution in [3.8, 4) is 24.0 Å². The Kier molecular flexibility index (Phi) is 5.40. The Morgan fingerprint density at radius 1 is 1.11 bits per heavy atom. The number of hydrogen-bond donors (Lipinski definition) is 0. The lowest BCUT2D eigenvalue weighted by atomic mass is 10.2. The van der Waals surface area contributed by atoms with E-state index in [2.05, 4.69) is 0 Å². The van der Waals surface area contributed by atoms with E-state index in [9.17, 15) is 4.79 Å². The molecule has 0 aliphatic heterocycles. The molecule has 0 fully saturated rings. The number of benzene rings is 1. The normalized spacial score (nSPS) is 8.68. The highest BCUT2D eigenvalue weighted by Crippen LogP contribution is 2.11. The molecule has 0 N–H and O–H groups in total. The van der Waals surface area contributed by atoms with Gasteiger partial charge >= 0.3 is 0 Å². The van der Waals surface area contributed by atoms with Gasteiger partial charge in [-0.3, -0.25) is 4.79 Å². The molecule has 1 aromatic rings. The average molecular weight is 254 g/mol. The van der Waals surface area contributed by atoms with Gasteiger partial charge in [0.1, 0.15) is 18.8 Å². The Hall–Kier alpha value is -3.04. The zero-order valence-electron chi connectivity index (χ0n) is 10.0. The molecular weight excluding hydrogens is 244 g/mol. The Balaban J connectivity index is 2.55. The molecule has 0 saturated carbocycles. The molecule has 1 aromatic carbocycles. The molecule has 1 rings (SSSR count). The summed E-state index contributed by atoms with van der Waals surface area (Å²) in [7, 11) is 0. The quantitative estimate of drug-likeness (QED) is 0.724. The first-order chi connectivity index (χ1) is 9.21. The van der Waals surface area contributed by atoms with Crippen molar-refractivity contribution in [2.75, 3.05) is 19.7 Å². The van der Waals surface area contributed by atoms with Crippen LogP contribution in [-0.2, 0) is 4.79 Å². The van der Waals surface area contributed by atoms with Gasteiger partial charge in [0, 0.05) is 0 Å². The summed E-state index contributed by atoms with van der Waals surface area (Å²) < 4.78 is 5.22. The molecule has 0 unspecified atom stereocenters. The van der Waals surface area contributed by atoms with Gasteiger partial charge in [0.15, 0.2) is 6.61 Å². The van der Waals surface area contributed by atoms with Crippen molar-refractivity contribution in [1.29, 1.82) is 15.8 Å². The van der Waals surface area contributed by atoms with Gasteiger partial charge in [-0.15, -0.1) is 0 Å². The van der Waals surface area contributed by atoms with E-state index in [1.54, 1.807) is 24.3 Å². The number of carbonyl (C=O) groups excluding carboxylic acids is 1. The van der Waals surface area contributed by atoms with Crippen molar-refractivity contribution in [3.05, 3.63) is 29.8 Å². The summed E-state index contributed by atoms with van der Waals surface area (Å²) in [5.41, 5.74) is 0.495. The number of hydrogen-bond acceptors (Lipinski definition) is 5. The smallest absolute Gasteiger partial charge is 0.262 e. The van der Waals surface area contributed by atoms with Crippen molar-refractivity contribution in [2.24, 2.45) is 0 Å². The first kappa shape index (κ1) is 14.0. The zero-order valence-corrected chi connectivity index (χ0v) is 10.0. The minimum Gasteiger partial charge on any atom is -0.484 e. The summed E-state index contributed by atoms with van der Waals surface area (Å²) >= 11 is 0. The monoisotopic (exact) mass is 254 g/mol. The van der Waals surface area contributed by atoms with E-state index in [0.717, 1.165) is 4.90 Å². The highest BCUT2D eigenvalue weighted by atomic mass is 16.5. The predicted molar refractivity (Wildman–Crippen MR) is 64.5 cm³/mol. The fraction of sp³-hybridized carbons (Fsp3) is 0.231. The van der Waals surface area contributed by atoms with Gasteiger partial charge in [-0.05, 0) is 24.3 Å². The molecule has 0 aliphatic carbocycles. The fourth-order valence-corrected chi connectivity index (χ4v) is 1.27. The van der Waals surface area contributed by atoms with Crippen LogP contribution in [-0.4, -0.2) is 30.5 Å². The van der Waals surface area contributed by atoms with Crippen molar-refractivity contribution >= 4 is 5.91 Å². The van der Waals surface area contributed by atoms with E-state index in [4.69, 9.17) is 20.5 Å². The van der Waals surface area contributed by atoms with E-state index < -0.39 is 5.91 Å². The summed E-state index contributed by atoms with van der Waals surface area (Å²) in [6.07, 6.45) is 0. The third-order valence-corrected chi connectivity index (χ3v) is 2.22. The second-order valence-corrected chi connectivity index (χ2v) is 3.49. The van der Waals surface area contributed by atoms with Crippen LogP contribution < -0.4 is 4.74 Å². The molecule has 0 spiro atoms. The van der Waals surface area contributed by atoms with Crippen molar-refractivity contribution < 1.29 is 9.53 Å². The molecule has 6 nitrogen and oxygen atoms in total. The van der Waals surface area contributed by atoms with Crippen molar-refractivity contribution in [1.82, 2.24) is 4.90 Å². The van der Waals surface area contributed by atoms with Gasteiger partial charge in [-0.2, -0.15) is 15.8 Å². The molecule has 0 aromatic heterocycles. The van der Waals surface area contributed by atoms with Gasteiger partial charge in [0.05, 0.1) is 23.8 Å². The van der Waals surface area contributed by atoms with Crippen LogP contribution in [0.5, 0.6) is 5.75 Å². The van der Waals surface area contributed by atoms with Crippen LogP contribution in [0, 0.1) is 34.0 Å². The first-order valence-electron chi connectivity index (χ1n) is 5.36. The molecule has 0 aliphatic rings. The highest BCUT2D eigenvalue weighted by Gasteiger charge is 2.13. The van der Waals surface area contributed by atoms with Gasteiger partial charge in [0.2, 0.25) is 0 Å². The van der Waals surface area contributed by atoms with Crippen LogP contribution in [0.15, 0.2) is 24.3 Å². The minimum atomic E-state index is -0.438. The van der Waals surface area contributed by atoms with Crippen LogP contribution in [0.1, 0.15) is 5.56 Å². The number of nitriles is 3. The van der Waals surface area contributed by atoms with Crippen LogP contribution >= 0.6 is 0 Å². The standard InChI is InChI=1S/C13H10N4O2/c14-5-7-17(8-6-15)13(18)10-19-12-3-1-11(9-16)2-4-12/h1-4H,7-8,10H2. The zero-order chi connectivity index (χ0) is 14.1. The van der Waals surface area contributed by atoms with Crippen LogP contribution in [0.3, 0.4) is 0 Å². The van der Waals surface area contributed by atoms with Crippen LogP contribution in [0.4, 0.5) is 0 Å². The topological polar surface area (TPSA) is 101 Å². The van der Waals surface area contributed by atoms with Crippen molar-refractivity contribution in [3.63, 3.8) is 0 Å². The van der Waals surface area contributed by atoms with Crippen LogP contribution in [0.2, 0.25) is 0 Å². The SMILES string of the molecule is N#CCN(CC#N)C(=O)COc1ccc(C#N)cc1. The Bertz CT molecular complexity index is 544. The molecule has 94 valence electrons. The molecule has 0 radical (unpaired) electrons. The maximum Gasteiger partial charge on any atom is 0.262 e. The molecule has 19 heavy (non-hydrogen) atoms. The lowest BCUT2D eigenvalue weighted by molar-refractivity contribution is -0.132. The van der Waals surface area contributed by atoms with E-state index >= 15 is 0 Å². The highest BCUT2D eigenvalue weighted by molar-refractivity contribution is 5.78. The second kappa shape index (κ2) is 7.32. The lowest BCUT2D eigenvalue weighted by Crippen LogP contribution is -2.35. The summed E-state index contributed by atoms with van der Waals surface area (Å²) in [5, 5.41) is 25.7. The minimum absolute atomic E-state index is 0.150. The van der Waals surface area contributed by atoms with E-state index in [1.807, 2.05) is 18.2 Å². The number of carbonyl (C=O) groups is 1. The fourth-order valence-electron chi connectivity index (χ4n) is 1.27. The molecular formula is C13H10N4O2. The van der Waals surface area contributed by atoms with E-state index in [-0.39, 0.29) is 19.7 Å². The summed E-state index contributed by atoms with van der Waals surface area (Å²) in [6, 6.07) is 11.9. The van der Waals surface area contributed by atoms with Gasteiger partial charge < -0.3 is 9.64 Å². The number of ether oxygens (including phenoxy) is 1. The summed E-state index contributed by atoms with van der Waals surface area (Å²) in [4.78, 5) is 12.8. The molecule has 0 heterocycles. The molecule has 1 amide bonds. The van der Waals surface area contributed by atoms with Crippen molar-refractivity contribution in [2.45, 2.75) is 0 Å². The Morgan fingerprint density at radius 2 is 1.68 bits per heavy atom. The number of rotatable bonds is 5. The van der Waals surface area contributed by atoms with Crippen LogP contribution in [0.25, 0.3) is 0 Å². The maximum absolute atomic E-state index is 11.7. The largest absolute Gasteiger partial charge is 0.484 e. The lowest BCUT2D eigenvalue weighted by Gasteiger charge is -2.15. The van der Waals surface area contributed by atoms with E-state index in [0.29, 0.717) is 11.3 Å². The van der Waals surface area contributed by atoms with Gasteiger partial charge in [-0.25, -0.2) is 0 Å². The number of amides is 1. The first-order valence-corrected chi connectivity index (χ1v) is 5.36. The average Bonchev–Trinajstić information content (AvgIpc) is 2.45. The molecule has 0 saturated heterocycles. The summed E-state index contributed by atoms with van der Waals surface area (Å²) in [5.74, 6) is 0.00803. The van der Waals surface area contributed by atoms with E-state index in [1.165, 1.54) is 0 Å². The molecule has 0 atom stereocenters. The third-order valence-electron chi connectivity index (χ3n) is 2.22. The Labute approximate surface area is 110 Å². The van der Waals surface area contributed by atoms with Gasteiger partial charge in [0.25, 0.3) is 5.91 Å². The Morgan fingerprint density at radius 3 is 2.16 bits per heavy atom. The second-order valence-electron chi connectivity index (χ2n) is 3.49. The van der Waals surface area contributed by atoms with Gasteiger partial charge in [-0.1, -0.05) is 0 Å². The summed E-state index contributed by atoms with van der Waals surface area (Å²) in [6.45, 7) is -0.554. The molecule has 0 bridgehead atoms.